The molecule has 1 aromatic rings. The van der Waals surface area contributed by atoms with Gasteiger partial charge >= 0.3 is 20.7 Å². The van der Waals surface area contributed by atoms with Gasteiger partial charge in [-0.25, -0.2) is 9.59 Å². The molecule has 1 heterocycles. The van der Waals surface area contributed by atoms with Gasteiger partial charge in [-0.15, -0.1) is 0 Å². The lowest BCUT2D eigenvalue weighted by Gasteiger charge is -2.24. The Hall–Kier alpha value is -1.54. The van der Waals surface area contributed by atoms with Gasteiger partial charge in [0.25, 0.3) is 0 Å². The zero-order valence-corrected chi connectivity index (χ0v) is 12.6. The van der Waals surface area contributed by atoms with Crippen molar-refractivity contribution in [2.24, 2.45) is 0 Å². The van der Waals surface area contributed by atoms with Crippen molar-refractivity contribution in [2.45, 2.75) is 12.5 Å². The summed E-state index contributed by atoms with van der Waals surface area (Å²) in [7, 11) is 1.89. The second-order valence-electron chi connectivity index (χ2n) is 4.31. The van der Waals surface area contributed by atoms with Gasteiger partial charge in [-0.1, -0.05) is 12.1 Å². The first-order valence-electron chi connectivity index (χ1n) is 6.10. The first-order chi connectivity index (χ1) is 9.56. The summed E-state index contributed by atoms with van der Waals surface area (Å²) in [4.78, 5) is 23.2. The smallest absolute Gasteiger partial charge is 0.386 e. The van der Waals surface area contributed by atoms with Gasteiger partial charge in [-0.2, -0.15) is 0 Å². The summed E-state index contributed by atoms with van der Waals surface area (Å²) in [5.41, 5.74) is 1.39. The van der Waals surface area contributed by atoms with Crippen molar-refractivity contribution < 1.29 is 27.6 Å². The third-order valence-corrected chi connectivity index (χ3v) is 6.12. The van der Waals surface area contributed by atoms with E-state index in [9.17, 15) is 9.59 Å². The van der Waals surface area contributed by atoms with Crippen LogP contribution in [0.5, 0.6) is 0 Å². The molecule has 0 aliphatic carbocycles. The number of esters is 2. The van der Waals surface area contributed by atoms with Crippen LogP contribution < -0.4 is 0 Å². The average Bonchev–Trinajstić information content (AvgIpc) is 2.77. The quantitative estimate of drug-likeness (QED) is 0.449. The summed E-state index contributed by atoms with van der Waals surface area (Å²) in [5, 5.41) is 0. The van der Waals surface area contributed by atoms with Crippen LogP contribution in [0.15, 0.2) is 18.2 Å². The van der Waals surface area contributed by atoms with Gasteiger partial charge in [0.15, 0.2) is 0 Å². The second kappa shape index (κ2) is 5.84. The number of hydrogen-bond donors (Lipinski definition) is 0. The summed E-state index contributed by atoms with van der Waals surface area (Å²) in [6.45, 7) is 0. The van der Waals surface area contributed by atoms with Crippen LogP contribution in [0.2, 0.25) is 6.04 Å². The summed E-state index contributed by atoms with van der Waals surface area (Å²) in [5.74, 6) is -1.19. The number of ether oxygens (including phenoxy) is 1. The molecule has 0 bridgehead atoms. The van der Waals surface area contributed by atoms with E-state index in [1.54, 1.807) is 18.2 Å². The molecule has 1 aromatic carbocycles. The van der Waals surface area contributed by atoms with Crippen LogP contribution in [-0.2, 0) is 24.4 Å². The molecule has 0 saturated carbocycles. The Morgan fingerprint density at radius 2 is 1.70 bits per heavy atom. The molecule has 6 nitrogen and oxygen atoms in total. The lowest BCUT2D eigenvalue weighted by molar-refractivity contribution is 0.0443. The van der Waals surface area contributed by atoms with E-state index in [2.05, 4.69) is 4.74 Å². The molecule has 0 N–H and O–H groups in total. The van der Waals surface area contributed by atoms with E-state index in [4.69, 9.17) is 13.3 Å². The Morgan fingerprint density at radius 1 is 1.05 bits per heavy atom. The highest BCUT2D eigenvalue weighted by molar-refractivity contribution is 6.60. The summed E-state index contributed by atoms with van der Waals surface area (Å²) in [6, 6.07) is 5.61. The minimum Gasteiger partial charge on any atom is -0.386 e. The van der Waals surface area contributed by atoms with Crippen molar-refractivity contribution in [3.63, 3.8) is 0 Å². The van der Waals surface area contributed by atoms with E-state index in [1.807, 2.05) is 0 Å². The highest BCUT2D eigenvalue weighted by atomic mass is 28.4. The van der Waals surface area contributed by atoms with Crippen LogP contribution in [0.25, 0.3) is 0 Å². The molecule has 0 spiro atoms. The van der Waals surface area contributed by atoms with Crippen LogP contribution in [-0.4, -0.2) is 42.1 Å². The SMILES string of the molecule is CO[Si](CCc1cccc2c1C(=O)OC2=O)(OC)OC. The maximum absolute atomic E-state index is 11.7. The van der Waals surface area contributed by atoms with Crippen LogP contribution in [0, 0.1) is 0 Å². The molecular weight excluding hydrogens is 280 g/mol. The van der Waals surface area contributed by atoms with E-state index >= 15 is 0 Å². The molecular formula is C13H16O6Si. The number of hydrogen-bond acceptors (Lipinski definition) is 6. The number of benzene rings is 1. The number of aryl methyl sites for hydroxylation is 1. The first-order valence-corrected chi connectivity index (χ1v) is 8.04. The summed E-state index contributed by atoms with van der Waals surface area (Å²) >= 11 is 0. The van der Waals surface area contributed by atoms with Gasteiger partial charge in [0, 0.05) is 27.4 Å². The molecule has 0 aromatic heterocycles. The lowest BCUT2D eigenvalue weighted by atomic mass is 10.0. The highest BCUT2D eigenvalue weighted by Crippen LogP contribution is 2.26. The van der Waals surface area contributed by atoms with E-state index < -0.39 is 20.7 Å². The molecule has 1 aliphatic rings. The number of carbonyl (C=O) groups excluding carboxylic acids is 2. The zero-order valence-electron chi connectivity index (χ0n) is 11.6. The molecule has 2 rings (SSSR count). The van der Waals surface area contributed by atoms with Crippen molar-refractivity contribution in [3.8, 4) is 0 Å². The minimum atomic E-state index is -2.71. The fourth-order valence-corrected chi connectivity index (χ4v) is 3.94. The maximum atomic E-state index is 11.7. The Morgan fingerprint density at radius 3 is 2.30 bits per heavy atom. The molecule has 20 heavy (non-hydrogen) atoms. The van der Waals surface area contributed by atoms with Crippen LogP contribution in [0.1, 0.15) is 26.3 Å². The van der Waals surface area contributed by atoms with Crippen LogP contribution in [0.4, 0.5) is 0 Å². The van der Waals surface area contributed by atoms with E-state index in [0.29, 0.717) is 23.6 Å². The Kier molecular flexibility index (Phi) is 4.34. The van der Waals surface area contributed by atoms with Gasteiger partial charge in [-0.05, 0) is 18.1 Å². The van der Waals surface area contributed by atoms with Gasteiger partial charge in [0.2, 0.25) is 0 Å². The normalized spacial score (nSPS) is 14.3. The van der Waals surface area contributed by atoms with E-state index in [0.717, 1.165) is 5.56 Å². The number of cyclic esters (lactones) is 2. The topological polar surface area (TPSA) is 71.1 Å². The van der Waals surface area contributed by atoms with Crippen molar-refractivity contribution in [1.82, 2.24) is 0 Å². The third kappa shape index (κ3) is 2.53. The summed E-state index contributed by atoms with van der Waals surface area (Å²) < 4.78 is 20.6. The van der Waals surface area contributed by atoms with E-state index in [1.165, 1.54) is 21.3 Å². The Balaban J connectivity index is 2.24. The average molecular weight is 296 g/mol. The predicted molar refractivity (Wildman–Crippen MR) is 71.5 cm³/mol. The van der Waals surface area contributed by atoms with Gasteiger partial charge in [0.05, 0.1) is 11.1 Å². The van der Waals surface area contributed by atoms with Gasteiger partial charge in [-0.3, -0.25) is 0 Å². The molecule has 0 saturated heterocycles. The second-order valence-corrected chi connectivity index (χ2v) is 7.40. The number of carbonyl (C=O) groups is 2. The third-order valence-electron chi connectivity index (χ3n) is 3.39. The maximum Gasteiger partial charge on any atom is 0.500 e. The van der Waals surface area contributed by atoms with Crippen molar-refractivity contribution in [1.29, 1.82) is 0 Å². The standard InChI is InChI=1S/C13H16O6Si/c1-16-20(17-2,18-3)8-7-9-5-4-6-10-11(9)13(15)19-12(10)14/h4-6H,7-8H2,1-3H3. The fourth-order valence-electron chi connectivity index (χ4n) is 2.25. The van der Waals surface area contributed by atoms with Crippen LogP contribution in [0.3, 0.4) is 0 Å². The molecule has 0 atom stereocenters. The van der Waals surface area contributed by atoms with Gasteiger partial charge < -0.3 is 18.0 Å². The predicted octanol–water partition coefficient (Wildman–Crippen LogP) is 1.42. The molecule has 0 radical (unpaired) electrons. The zero-order chi connectivity index (χ0) is 14.8. The lowest BCUT2D eigenvalue weighted by Crippen LogP contribution is -2.43. The molecule has 0 unspecified atom stereocenters. The van der Waals surface area contributed by atoms with Crippen LogP contribution >= 0.6 is 0 Å². The summed E-state index contributed by atoms with van der Waals surface area (Å²) in [6.07, 6.45) is 0.507. The fraction of sp³-hybridized carbons (Fsp3) is 0.385. The van der Waals surface area contributed by atoms with E-state index in [-0.39, 0.29) is 0 Å². The number of fused-ring (bicyclic) bond motifs is 1. The molecule has 1 aliphatic heterocycles. The molecule has 0 fully saturated rings. The van der Waals surface area contributed by atoms with Gasteiger partial charge in [0.1, 0.15) is 0 Å². The minimum absolute atomic E-state index is 0.312. The Bertz CT molecular complexity index is 529. The molecule has 108 valence electrons. The van der Waals surface area contributed by atoms with Crippen molar-refractivity contribution in [2.75, 3.05) is 21.3 Å². The van der Waals surface area contributed by atoms with Crippen molar-refractivity contribution in [3.05, 3.63) is 34.9 Å². The molecule has 7 heteroatoms. The Labute approximate surface area is 118 Å². The largest absolute Gasteiger partial charge is 0.500 e. The monoisotopic (exact) mass is 296 g/mol. The molecule has 0 amide bonds. The highest BCUT2D eigenvalue weighted by Gasteiger charge is 2.39. The number of rotatable bonds is 6. The first kappa shape index (κ1) is 14.9. The van der Waals surface area contributed by atoms with Crippen molar-refractivity contribution >= 4 is 20.7 Å².